The number of rotatable bonds is 6. The van der Waals surface area contributed by atoms with E-state index >= 15 is 0 Å². The first-order valence-electron chi connectivity index (χ1n) is 9.79. The highest BCUT2D eigenvalue weighted by Gasteiger charge is 2.40. The molecule has 2 amide bonds. The number of benzene rings is 1. The molecule has 2 heterocycles. The molecule has 0 spiro atoms. The molecular weight excluding hydrogens is 424 g/mol. The Morgan fingerprint density at radius 3 is 2.57 bits per heavy atom. The van der Waals surface area contributed by atoms with Crippen molar-refractivity contribution in [2.45, 2.75) is 51.9 Å². The third kappa shape index (κ3) is 5.37. The summed E-state index contributed by atoms with van der Waals surface area (Å²) in [5.74, 6) is -0.598. The molecule has 0 aliphatic carbocycles. The lowest BCUT2D eigenvalue weighted by Gasteiger charge is -2.27. The van der Waals surface area contributed by atoms with Gasteiger partial charge in [-0.05, 0) is 24.0 Å². The molecule has 1 aliphatic heterocycles. The fraction of sp³-hybridized carbons (Fsp3) is 0.476. The second-order valence-corrected chi connectivity index (χ2v) is 8.70. The van der Waals surface area contributed by atoms with Crippen LogP contribution in [-0.2, 0) is 16.1 Å². The Balaban J connectivity index is 0.00000320. The largest absolute Gasteiger partial charge is 0.391 e. The molecule has 1 aliphatic rings. The van der Waals surface area contributed by atoms with Crippen LogP contribution in [0.5, 0.6) is 0 Å². The Kier molecular flexibility index (Phi) is 8.37. The van der Waals surface area contributed by atoms with Crippen molar-refractivity contribution in [3.63, 3.8) is 0 Å². The molecule has 0 saturated carbocycles. The topological polar surface area (TPSA) is 109 Å². The maximum atomic E-state index is 12.7. The quantitative estimate of drug-likeness (QED) is 0.622. The van der Waals surface area contributed by atoms with Gasteiger partial charge >= 0.3 is 0 Å². The number of hydrogen-bond acceptors (Lipinski definition) is 6. The zero-order valence-electron chi connectivity index (χ0n) is 17.4. The maximum absolute atomic E-state index is 12.7. The molecule has 0 radical (unpaired) electrons. The zero-order chi connectivity index (χ0) is 21.1. The van der Waals surface area contributed by atoms with Crippen LogP contribution < -0.4 is 11.1 Å². The van der Waals surface area contributed by atoms with Crippen LogP contribution in [0.3, 0.4) is 0 Å². The van der Waals surface area contributed by atoms with Gasteiger partial charge in [0.1, 0.15) is 6.04 Å². The summed E-state index contributed by atoms with van der Waals surface area (Å²) in [5.41, 5.74) is 10.8. The molecule has 1 aromatic carbocycles. The van der Waals surface area contributed by atoms with Gasteiger partial charge in [-0.1, -0.05) is 38.1 Å². The zero-order valence-corrected chi connectivity index (χ0v) is 19.0. The minimum atomic E-state index is -0.712. The van der Waals surface area contributed by atoms with Crippen molar-refractivity contribution in [1.29, 1.82) is 0 Å². The van der Waals surface area contributed by atoms with E-state index in [1.807, 2.05) is 50.5 Å². The van der Waals surface area contributed by atoms with E-state index in [9.17, 15) is 14.7 Å². The number of nitrogens with zero attached hydrogens (tertiary/aromatic N) is 2. The van der Waals surface area contributed by atoms with Crippen molar-refractivity contribution in [2.75, 3.05) is 6.54 Å². The molecule has 3 rings (SSSR count). The molecule has 0 bridgehead atoms. The van der Waals surface area contributed by atoms with E-state index in [2.05, 4.69) is 10.3 Å². The third-order valence-electron chi connectivity index (χ3n) is 5.30. The van der Waals surface area contributed by atoms with E-state index in [0.29, 0.717) is 6.54 Å². The number of aliphatic hydroxyl groups is 1. The molecule has 1 unspecified atom stereocenters. The number of β-amino-alcohol motifs (C(OH)–C–C–N with tert-alkyl or cyclic N) is 1. The maximum Gasteiger partial charge on any atom is 0.243 e. The summed E-state index contributed by atoms with van der Waals surface area (Å²) in [5, 5.41) is 12.9. The van der Waals surface area contributed by atoms with Crippen LogP contribution in [0.4, 0.5) is 0 Å². The number of aromatic nitrogens is 1. The number of carbonyl (C=O) groups is 2. The van der Waals surface area contributed by atoms with Crippen molar-refractivity contribution in [3.8, 4) is 10.4 Å². The minimum absolute atomic E-state index is 0. The first-order chi connectivity index (χ1) is 13.8. The number of carbonyl (C=O) groups excluding carboxylic acids is 2. The Hall–Kier alpha value is -2.00. The molecule has 1 aromatic heterocycles. The summed E-state index contributed by atoms with van der Waals surface area (Å²) in [4.78, 5) is 32.1. The van der Waals surface area contributed by atoms with E-state index < -0.39 is 18.2 Å². The molecule has 3 atom stereocenters. The fourth-order valence-corrected chi connectivity index (χ4v) is 4.25. The summed E-state index contributed by atoms with van der Waals surface area (Å²) in [6.45, 7) is 6.20. The van der Waals surface area contributed by atoms with Crippen molar-refractivity contribution >= 4 is 35.6 Å². The van der Waals surface area contributed by atoms with Crippen molar-refractivity contribution in [2.24, 2.45) is 11.7 Å². The normalized spacial score (nSPS) is 19.5. The Morgan fingerprint density at radius 2 is 2.00 bits per heavy atom. The van der Waals surface area contributed by atoms with Crippen LogP contribution in [0.1, 0.15) is 31.5 Å². The first kappa shape index (κ1) is 24.3. The highest BCUT2D eigenvalue weighted by Crippen LogP contribution is 2.27. The molecular formula is C21H29ClN4O3S. The first-order valence-corrected chi connectivity index (χ1v) is 10.7. The van der Waals surface area contributed by atoms with Gasteiger partial charge in [-0.3, -0.25) is 9.59 Å². The van der Waals surface area contributed by atoms with Gasteiger partial charge < -0.3 is 21.1 Å². The number of thiazole rings is 1. The number of aryl methyl sites for hydroxylation is 1. The predicted octanol–water partition coefficient (Wildman–Crippen LogP) is 2.10. The summed E-state index contributed by atoms with van der Waals surface area (Å²) in [7, 11) is 0. The van der Waals surface area contributed by atoms with Crippen LogP contribution in [0, 0.1) is 12.8 Å². The van der Waals surface area contributed by atoms with E-state index in [4.69, 9.17) is 5.73 Å². The third-order valence-corrected chi connectivity index (χ3v) is 6.27. The number of aliphatic hydroxyl groups excluding tert-OH is 1. The number of likely N-dealkylation sites (tertiary alicyclic amines) is 1. The Labute approximate surface area is 187 Å². The second-order valence-electron chi connectivity index (χ2n) is 7.85. The smallest absolute Gasteiger partial charge is 0.243 e. The van der Waals surface area contributed by atoms with Crippen LogP contribution in [0.15, 0.2) is 29.8 Å². The Bertz CT molecular complexity index is 871. The molecule has 1 fully saturated rings. The molecule has 164 valence electrons. The van der Waals surface area contributed by atoms with Gasteiger partial charge in [-0.2, -0.15) is 0 Å². The lowest BCUT2D eigenvalue weighted by Crippen LogP contribution is -2.52. The van der Waals surface area contributed by atoms with Gasteiger partial charge in [0.15, 0.2) is 0 Å². The highest BCUT2D eigenvalue weighted by atomic mass is 35.5. The van der Waals surface area contributed by atoms with Crippen molar-refractivity contribution in [3.05, 3.63) is 41.0 Å². The molecule has 30 heavy (non-hydrogen) atoms. The lowest BCUT2D eigenvalue weighted by atomic mass is 10.0. The highest BCUT2D eigenvalue weighted by molar-refractivity contribution is 7.13. The number of nitrogens with two attached hydrogens (primary N) is 1. The number of amides is 2. The summed E-state index contributed by atoms with van der Waals surface area (Å²) in [6.07, 6.45) is -0.484. The van der Waals surface area contributed by atoms with Gasteiger partial charge in [-0.25, -0.2) is 4.98 Å². The average molecular weight is 453 g/mol. The molecule has 2 aromatic rings. The average Bonchev–Trinajstić information content (AvgIpc) is 3.30. The summed E-state index contributed by atoms with van der Waals surface area (Å²) in [6, 6.07) is 6.59. The van der Waals surface area contributed by atoms with Crippen LogP contribution in [0.2, 0.25) is 0 Å². The standard InChI is InChI=1S/C21H28N4O3S.ClH/c1-12(2)18(22)21(28)25-10-16(26)8-17(25)20(27)23-9-14-4-6-15(7-5-14)19-13(3)24-11-29-19;/h4-7,11-12,16-18,26H,8-10,22H2,1-3H3,(H,23,27);1H/t16-,17-,18?;/m1./s1. The minimum Gasteiger partial charge on any atom is -0.391 e. The number of nitrogens with one attached hydrogen (secondary N) is 1. The van der Waals surface area contributed by atoms with Gasteiger partial charge in [-0.15, -0.1) is 23.7 Å². The number of halogens is 1. The van der Waals surface area contributed by atoms with Crippen LogP contribution in [-0.4, -0.2) is 51.5 Å². The van der Waals surface area contributed by atoms with Gasteiger partial charge in [0.05, 0.1) is 28.2 Å². The second kappa shape index (κ2) is 10.3. The van der Waals surface area contributed by atoms with Crippen LogP contribution >= 0.6 is 23.7 Å². The van der Waals surface area contributed by atoms with E-state index in [1.165, 1.54) is 4.90 Å². The van der Waals surface area contributed by atoms with Crippen molar-refractivity contribution in [1.82, 2.24) is 15.2 Å². The van der Waals surface area contributed by atoms with E-state index in [-0.39, 0.29) is 43.1 Å². The van der Waals surface area contributed by atoms with Gasteiger partial charge in [0, 0.05) is 19.5 Å². The molecule has 4 N–H and O–H groups in total. The fourth-order valence-electron chi connectivity index (χ4n) is 3.44. The van der Waals surface area contributed by atoms with Gasteiger partial charge in [0.25, 0.3) is 0 Å². The van der Waals surface area contributed by atoms with Crippen molar-refractivity contribution < 1.29 is 14.7 Å². The van der Waals surface area contributed by atoms with E-state index in [1.54, 1.807) is 11.3 Å². The van der Waals surface area contributed by atoms with Crippen LogP contribution in [0.25, 0.3) is 10.4 Å². The van der Waals surface area contributed by atoms with E-state index in [0.717, 1.165) is 21.7 Å². The monoisotopic (exact) mass is 452 g/mol. The Morgan fingerprint density at radius 1 is 1.33 bits per heavy atom. The predicted molar refractivity (Wildman–Crippen MR) is 120 cm³/mol. The van der Waals surface area contributed by atoms with Gasteiger partial charge in [0.2, 0.25) is 11.8 Å². The summed E-state index contributed by atoms with van der Waals surface area (Å²) < 4.78 is 0. The lowest BCUT2D eigenvalue weighted by molar-refractivity contribution is -0.140. The number of hydrogen-bond donors (Lipinski definition) is 3. The summed E-state index contributed by atoms with van der Waals surface area (Å²) >= 11 is 1.60. The molecule has 1 saturated heterocycles. The molecule has 9 heteroatoms. The SMILES string of the molecule is Cc1ncsc1-c1ccc(CNC(=O)[C@H]2C[C@@H](O)CN2C(=O)C(N)C(C)C)cc1.Cl. The molecule has 7 nitrogen and oxygen atoms in total.